The average molecular weight is 352 g/mol. The van der Waals surface area contributed by atoms with Gasteiger partial charge >= 0.3 is 6.09 Å². The van der Waals surface area contributed by atoms with Crippen LogP contribution in [0.15, 0.2) is 37.2 Å². The summed E-state index contributed by atoms with van der Waals surface area (Å²) in [5, 5.41) is 0. The van der Waals surface area contributed by atoms with Crippen molar-refractivity contribution in [3.8, 4) is 11.1 Å². The van der Waals surface area contributed by atoms with Crippen molar-refractivity contribution in [1.82, 2.24) is 19.9 Å². The van der Waals surface area contributed by atoms with Crippen LogP contribution in [0.5, 0.6) is 0 Å². The molecule has 2 aliphatic heterocycles. The van der Waals surface area contributed by atoms with Crippen LogP contribution in [-0.4, -0.2) is 43.6 Å². The highest BCUT2D eigenvalue weighted by Gasteiger charge is 2.50. The van der Waals surface area contributed by atoms with Crippen molar-refractivity contribution in [3.05, 3.63) is 42.7 Å². The van der Waals surface area contributed by atoms with Crippen molar-refractivity contribution >= 4 is 6.09 Å². The average Bonchev–Trinajstić information content (AvgIpc) is 3.19. The summed E-state index contributed by atoms with van der Waals surface area (Å²) >= 11 is 0. The van der Waals surface area contributed by atoms with Gasteiger partial charge in [0, 0.05) is 53.9 Å². The third-order valence-electron chi connectivity index (χ3n) is 5.22. The minimum atomic E-state index is -0.469. The van der Waals surface area contributed by atoms with Gasteiger partial charge in [-0.1, -0.05) is 0 Å². The Labute approximate surface area is 153 Å². The number of carbonyl (C=O) groups is 1. The van der Waals surface area contributed by atoms with Crippen LogP contribution in [0, 0.1) is 0 Å². The molecule has 2 saturated heterocycles. The number of hydrogen-bond donors (Lipinski definition) is 0. The summed E-state index contributed by atoms with van der Waals surface area (Å²) in [4.78, 5) is 27.2. The molecule has 0 spiro atoms. The first-order valence-electron chi connectivity index (χ1n) is 9.14. The number of hydrogen-bond acceptors (Lipinski definition) is 5. The zero-order valence-electron chi connectivity index (χ0n) is 15.4. The first-order valence-corrected chi connectivity index (χ1v) is 9.14. The van der Waals surface area contributed by atoms with Gasteiger partial charge in [0.25, 0.3) is 0 Å². The highest BCUT2D eigenvalue weighted by Crippen LogP contribution is 2.47. The first-order chi connectivity index (χ1) is 12.4. The van der Waals surface area contributed by atoms with Crippen molar-refractivity contribution in [2.75, 3.05) is 0 Å². The van der Waals surface area contributed by atoms with Gasteiger partial charge < -0.3 is 9.64 Å². The maximum absolute atomic E-state index is 12.7. The van der Waals surface area contributed by atoms with Crippen molar-refractivity contribution < 1.29 is 9.53 Å². The van der Waals surface area contributed by atoms with Crippen LogP contribution in [0.4, 0.5) is 4.79 Å². The molecule has 3 atom stereocenters. The molecule has 4 heterocycles. The van der Waals surface area contributed by atoms with E-state index in [4.69, 9.17) is 4.74 Å². The fraction of sp³-hybridized carbons (Fsp3) is 0.500. The third kappa shape index (κ3) is 3.16. The molecule has 6 nitrogen and oxygen atoms in total. The molecule has 26 heavy (non-hydrogen) atoms. The van der Waals surface area contributed by atoms with Crippen molar-refractivity contribution in [1.29, 1.82) is 0 Å². The van der Waals surface area contributed by atoms with E-state index in [0.717, 1.165) is 30.4 Å². The summed E-state index contributed by atoms with van der Waals surface area (Å²) in [6, 6.07) is 2.62. The van der Waals surface area contributed by atoms with Gasteiger partial charge in [-0.25, -0.2) is 14.8 Å². The number of carbonyl (C=O) groups excluding carboxylic acids is 1. The monoisotopic (exact) mass is 352 g/mol. The Balaban J connectivity index is 1.58. The van der Waals surface area contributed by atoms with E-state index in [1.807, 2.05) is 38.1 Å². The summed E-state index contributed by atoms with van der Waals surface area (Å²) in [6.07, 6.45) is 11.7. The molecule has 2 aromatic rings. The lowest BCUT2D eigenvalue weighted by Gasteiger charge is -2.28. The zero-order chi connectivity index (χ0) is 18.3. The molecule has 2 bridgehead atoms. The zero-order valence-corrected chi connectivity index (χ0v) is 15.4. The van der Waals surface area contributed by atoms with Gasteiger partial charge in [-0.05, 0) is 51.7 Å². The second kappa shape index (κ2) is 6.34. The Hall–Kier alpha value is -2.50. The van der Waals surface area contributed by atoms with Gasteiger partial charge in [0.1, 0.15) is 11.9 Å². The molecule has 4 rings (SSSR count). The molecular formula is C20H24N4O2. The smallest absolute Gasteiger partial charge is 0.410 e. The van der Waals surface area contributed by atoms with Gasteiger partial charge in [-0.2, -0.15) is 0 Å². The molecule has 0 radical (unpaired) electrons. The van der Waals surface area contributed by atoms with E-state index in [9.17, 15) is 4.79 Å². The maximum atomic E-state index is 12.7. The topological polar surface area (TPSA) is 68.2 Å². The van der Waals surface area contributed by atoms with Gasteiger partial charge in [0.15, 0.2) is 0 Å². The predicted octanol–water partition coefficient (Wildman–Crippen LogP) is 3.79. The number of ether oxygens (including phenoxy) is 1. The largest absolute Gasteiger partial charge is 0.444 e. The molecule has 0 aliphatic carbocycles. The van der Waals surface area contributed by atoms with E-state index in [2.05, 4.69) is 21.0 Å². The third-order valence-corrected chi connectivity index (χ3v) is 5.22. The lowest BCUT2D eigenvalue weighted by Crippen LogP contribution is -2.40. The number of aromatic nitrogens is 3. The molecular weight excluding hydrogens is 328 g/mol. The second-order valence-electron chi connectivity index (χ2n) is 8.16. The van der Waals surface area contributed by atoms with Crippen molar-refractivity contribution in [3.63, 3.8) is 0 Å². The van der Waals surface area contributed by atoms with Gasteiger partial charge in [-0.3, -0.25) is 4.98 Å². The van der Waals surface area contributed by atoms with E-state index >= 15 is 0 Å². The SMILES string of the molecule is CC(C)(C)OC(=O)N1C2CCC1C(c1cncc(-c3cncnc3)c1)C2. The Morgan fingerprint density at radius 3 is 2.54 bits per heavy atom. The summed E-state index contributed by atoms with van der Waals surface area (Å²) in [7, 11) is 0. The van der Waals surface area contributed by atoms with E-state index in [1.165, 1.54) is 11.9 Å². The number of pyridine rings is 1. The summed E-state index contributed by atoms with van der Waals surface area (Å²) in [5.74, 6) is 0.304. The lowest BCUT2D eigenvalue weighted by atomic mass is 9.84. The van der Waals surface area contributed by atoms with Crippen molar-refractivity contribution in [2.24, 2.45) is 0 Å². The fourth-order valence-corrected chi connectivity index (χ4v) is 4.21. The Morgan fingerprint density at radius 2 is 1.81 bits per heavy atom. The Morgan fingerprint density at radius 1 is 1.08 bits per heavy atom. The molecule has 2 aliphatic rings. The minimum Gasteiger partial charge on any atom is -0.444 e. The first kappa shape index (κ1) is 16.9. The fourth-order valence-electron chi connectivity index (χ4n) is 4.21. The van der Waals surface area contributed by atoms with E-state index in [1.54, 1.807) is 12.4 Å². The highest BCUT2D eigenvalue weighted by atomic mass is 16.6. The lowest BCUT2D eigenvalue weighted by molar-refractivity contribution is 0.0213. The molecule has 0 aromatic carbocycles. The van der Waals surface area contributed by atoms with Crippen LogP contribution >= 0.6 is 0 Å². The molecule has 0 saturated carbocycles. The number of fused-ring (bicyclic) bond motifs is 2. The number of rotatable bonds is 2. The van der Waals surface area contributed by atoms with Gasteiger partial charge in [0.05, 0.1) is 0 Å². The molecule has 1 amide bonds. The molecule has 3 unspecified atom stereocenters. The van der Waals surface area contributed by atoms with Crippen LogP contribution < -0.4 is 0 Å². The van der Waals surface area contributed by atoms with E-state index in [0.29, 0.717) is 5.92 Å². The summed E-state index contributed by atoms with van der Waals surface area (Å²) in [6.45, 7) is 5.74. The van der Waals surface area contributed by atoms with Crippen molar-refractivity contribution in [2.45, 2.75) is 63.6 Å². The molecule has 2 aromatic heterocycles. The second-order valence-corrected chi connectivity index (χ2v) is 8.16. The van der Waals surface area contributed by atoms with Crippen LogP contribution in [0.25, 0.3) is 11.1 Å². The van der Waals surface area contributed by atoms with Crippen LogP contribution in [-0.2, 0) is 4.74 Å². The number of nitrogens with zero attached hydrogens (tertiary/aromatic N) is 4. The molecule has 6 heteroatoms. The Kier molecular flexibility index (Phi) is 4.13. The van der Waals surface area contributed by atoms with Gasteiger partial charge in [0.2, 0.25) is 0 Å². The Bertz CT molecular complexity index is 803. The van der Waals surface area contributed by atoms with E-state index < -0.39 is 5.60 Å². The highest BCUT2D eigenvalue weighted by molar-refractivity contribution is 5.70. The maximum Gasteiger partial charge on any atom is 0.410 e. The molecule has 136 valence electrons. The van der Waals surface area contributed by atoms with Crippen LogP contribution in [0.1, 0.15) is 51.5 Å². The molecule has 0 N–H and O–H groups in total. The normalized spacial score (nSPS) is 24.7. The predicted molar refractivity (Wildman–Crippen MR) is 97.5 cm³/mol. The van der Waals surface area contributed by atoms with E-state index in [-0.39, 0.29) is 18.2 Å². The minimum absolute atomic E-state index is 0.187. The van der Waals surface area contributed by atoms with Crippen LogP contribution in [0.3, 0.4) is 0 Å². The number of amides is 1. The van der Waals surface area contributed by atoms with Gasteiger partial charge in [-0.15, -0.1) is 0 Å². The van der Waals surface area contributed by atoms with Crippen LogP contribution in [0.2, 0.25) is 0 Å². The molecule has 2 fully saturated rings. The quantitative estimate of drug-likeness (QED) is 0.822. The summed E-state index contributed by atoms with van der Waals surface area (Å²) in [5.41, 5.74) is 2.67. The summed E-state index contributed by atoms with van der Waals surface area (Å²) < 4.78 is 5.63. The standard InChI is InChI=1S/C20H24N4O2/c1-20(2,3)26-19(25)24-16-4-5-18(24)17(7-16)14-6-13(8-21-9-14)15-10-22-12-23-11-15/h6,8-12,16-18H,4-5,7H2,1-3H3.